The van der Waals surface area contributed by atoms with Gasteiger partial charge in [-0.05, 0) is 24.1 Å². The number of alkyl halides is 3. The molecule has 1 fully saturated rings. The lowest BCUT2D eigenvalue weighted by atomic mass is 10.0. The molecule has 1 aliphatic rings. The molecule has 0 aliphatic carbocycles. The summed E-state index contributed by atoms with van der Waals surface area (Å²) in [6.45, 7) is 4.08. The van der Waals surface area contributed by atoms with E-state index in [0.717, 1.165) is 29.3 Å². The smallest absolute Gasteiger partial charge is 0.370 e. The quantitative estimate of drug-likeness (QED) is 0.353. The van der Waals surface area contributed by atoms with Crippen molar-refractivity contribution in [3.63, 3.8) is 0 Å². The third-order valence-corrected chi connectivity index (χ3v) is 5.53. The number of nitrogens with zero attached hydrogens (tertiary/aromatic N) is 3. The normalized spacial score (nSPS) is 17.8. The zero-order valence-corrected chi connectivity index (χ0v) is 19.3. The van der Waals surface area contributed by atoms with E-state index in [-0.39, 0.29) is 24.0 Å². The Morgan fingerprint density at radius 3 is 2.86 bits per heavy atom. The van der Waals surface area contributed by atoms with Crippen LogP contribution in [0.2, 0.25) is 0 Å². The highest BCUT2D eigenvalue weighted by Crippen LogP contribution is 2.32. The minimum absolute atomic E-state index is 0. The first-order valence-electron chi connectivity index (χ1n) is 9.08. The topological polar surface area (TPSA) is 49.8 Å². The molecule has 0 saturated carbocycles. The van der Waals surface area contributed by atoms with Crippen molar-refractivity contribution in [1.29, 1.82) is 0 Å². The number of rotatable bonds is 4. The largest absolute Gasteiger partial charge is 0.416 e. The van der Waals surface area contributed by atoms with Crippen molar-refractivity contribution in [2.45, 2.75) is 32.2 Å². The van der Waals surface area contributed by atoms with Crippen molar-refractivity contribution in [3.05, 3.63) is 51.5 Å². The lowest BCUT2D eigenvalue weighted by Crippen LogP contribution is -2.48. The summed E-state index contributed by atoms with van der Waals surface area (Å²) in [6, 6.07) is 5.32. The molecule has 0 radical (unpaired) electrons. The van der Waals surface area contributed by atoms with Crippen LogP contribution in [0.15, 0.2) is 34.6 Å². The van der Waals surface area contributed by atoms with Gasteiger partial charge in [0.25, 0.3) is 0 Å². The highest BCUT2D eigenvalue weighted by Gasteiger charge is 2.32. The molecular weight excluding hydrogens is 516 g/mol. The fraction of sp³-hybridized carbons (Fsp3) is 0.474. The lowest BCUT2D eigenvalue weighted by molar-refractivity contribution is -0.137. The van der Waals surface area contributed by atoms with E-state index in [0.29, 0.717) is 37.8 Å². The van der Waals surface area contributed by atoms with Crippen LogP contribution in [0.1, 0.15) is 34.9 Å². The molecule has 1 saturated heterocycles. The van der Waals surface area contributed by atoms with Crippen molar-refractivity contribution in [1.82, 2.24) is 15.2 Å². The molecule has 160 valence electrons. The Morgan fingerprint density at radius 1 is 1.41 bits per heavy atom. The van der Waals surface area contributed by atoms with Gasteiger partial charge >= 0.3 is 6.18 Å². The van der Waals surface area contributed by atoms with Gasteiger partial charge in [0.15, 0.2) is 5.96 Å². The maximum atomic E-state index is 13.0. The SMILES string of the molecule is CCc1nc(CNC(=NC)N2CCOC(c3cccc(C(F)(F)F)c3)C2)cs1.I. The number of hydrogen-bond donors (Lipinski definition) is 1. The second kappa shape index (κ2) is 10.6. The van der Waals surface area contributed by atoms with E-state index in [1.54, 1.807) is 24.5 Å². The minimum Gasteiger partial charge on any atom is -0.370 e. The Kier molecular flexibility index (Phi) is 8.71. The molecule has 5 nitrogen and oxygen atoms in total. The molecule has 0 amide bonds. The van der Waals surface area contributed by atoms with Crippen LogP contribution in [0.3, 0.4) is 0 Å². The molecule has 10 heteroatoms. The van der Waals surface area contributed by atoms with Gasteiger partial charge in [-0.1, -0.05) is 19.1 Å². The Bertz CT molecular complexity index is 828. The summed E-state index contributed by atoms with van der Waals surface area (Å²) in [5, 5.41) is 6.39. The number of morpholine rings is 1. The molecular formula is C19H24F3IN4OS. The Balaban J connectivity index is 0.00000300. The van der Waals surface area contributed by atoms with Crippen LogP contribution in [-0.2, 0) is 23.9 Å². The first-order valence-corrected chi connectivity index (χ1v) is 9.96. The van der Waals surface area contributed by atoms with Crippen molar-refractivity contribution >= 4 is 41.3 Å². The second-order valence-electron chi connectivity index (χ2n) is 6.42. The summed E-state index contributed by atoms with van der Waals surface area (Å²) in [6.07, 6.45) is -3.91. The van der Waals surface area contributed by atoms with E-state index < -0.39 is 17.8 Å². The maximum Gasteiger partial charge on any atom is 0.416 e. The monoisotopic (exact) mass is 540 g/mol. The number of thiazole rings is 1. The van der Waals surface area contributed by atoms with Crippen LogP contribution < -0.4 is 5.32 Å². The molecule has 2 aromatic rings. The van der Waals surface area contributed by atoms with Crippen molar-refractivity contribution in [2.75, 3.05) is 26.7 Å². The first kappa shape index (κ1) is 23.9. The molecule has 2 heterocycles. The van der Waals surface area contributed by atoms with E-state index in [9.17, 15) is 13.2 Å². The average Bonchev–Trinajstić information content (AvgIpc) is 3.16. The van der Waals surface area contributed by atoms with Gasteiger partial charge in [0, 0.05) is 19.0 Å². The Morgan fingerprint density at radius 2 is 2.21 bits per heavy atom. The zero-order valence-electron chi connectivity index (χ0n) is 16.2. The van der Waals surface area contributed by atoms with Crippen LogP contribution >= 0.6 is 35.3 Å². The van der Waals surface area contributed by atoms with E-state index in [2.05, 4.69) is 22.2 Å². The first-order chi connectivity index (χ1) is 13.4. The standard InChI is InChI=1S/C19H23F3N4OS.HI/c1-3-17-25-15(12-28-17)10-24-18(23-2)26-7-8-27-16(11-26)13-5-4-6-14(9-13)19(20,21)22;/h4-6,9,12,16H,3,7-8,10-11H2,1-2H3,(H,23,24);1H. The number of aromatic nitrogens is 1. The number of aliphatic imine (C=N–C) groups is 1. The molecule has 3 rings (SSSR count). The summed E-state index contributed by atoms with van der Waals surface area (Å²) in [4.78, 5) is 10.8. The number of guanidine groups is 1. The minimum atomic E-state index is -4.37. The molecule has 1 aliphatic heterocycles. The van der Waals surface area contributed by atoms with Gasteiger partial charge in [-0.3, -0.25) is 4.99 Å². The fourth-order valence-corrected chi connectivity index (χ4v) is 3.80. The molecule has 29 heavy (non-hydrogen) atoms. The van der Waals surface area contributed by atoms with Crippen LogP contribution in [0.4, 0.5) is 13.2 Å². The summed E-state index contributed by atoms with van der Waals surface area (Å²) < 4.78 is 44.7. The third-order valence-electron chi connectivity index (χ3n) is 4.49. The zero-order chi connectivity index (χ0) is 20.1. The number of benzene rings is 1. The van der Waals surface area contributed by atoms with E-state index >= 15 is 0 Å². The Hall–Kier alpha value is -1.40. The predicted octanol–water partition coefficient (Wildman–Crippen LogP) is 4.49. The second-order valence-corrected chi connectivity index (χ2v) is 7.36. The Labute approximate surface area is 189 Å². The lowest BCUT2D eigenvalue weighted by Gasteiger charge is -2.35. The highest BCUT2D eigenvalue weighted by atomic mass is 127. The van der Waals surface area contributed by atoms with Crippen LogP contribution in [0, 0.1) is 0 Å². The molecule has 1 unspecified atom stereocenters. The van der Waals surface area contributed by atoms with Gasteiger partial charge in [0.05, 0.1) is 36.0 Å². The average molecular weight is 540 g/mol. The summed E-state index contributed by atoms with van der Waals surface area (Å²) >= 11 is 1.63. The number of ether oxygens (including phenoxy) is 1. The molecule has 1 N–H and O–H groups in total. The van der Waals surface area contributed by atoms with Crippen molar-refractivity contribution in [3.8, 4) is 0 Å². The van der Waals surface area contributed by atoms with Gasteiger partial charge < -0.3 is 15.0 Å². The summed E-state index contributed by atoms with van der Waals surface area (Å²) in [7, 11) is 1.69. The number of hydrogen-bond acceptors (Lipinski definition) is 4. The van der Waals surface area contributed by atoms with Crippen LogP contribution in [0.5, 0.6) is 0 Å². The van der Waals surface area contributed by atoms with Gasteiger partial charge in [-0.25, -0.2) is 4.98 Å². The highest BCUT2D eigenvalue weighted by molar-refractivity contribution is 14.0. The molecule has 1 aromatic carbocycles. The van der Waals surface area contributed by atoms with Crippen LogP contribution in [0.25, 0.3) is 0 Å². The maximum absolute atomic E-state index is 13.0. The van der Waals surface area contributed by atoms with Gasteiger partial charge in [-0.2, -0.15) is 13.2 Å². The van der Waals surface area contributed by atoms with E-state index in [1.165, 1.54) is 6.07 Å². The molecule has 1 aromatic heterocycles. The fourth-order valence-electron chi connectivity index (χ4n) is 3.05. The number of nitrogens with one attached hydrogen (secondary N) is 1. The van der Waals surface area contributed by atoms with Gasteiger partial charge in [0.2, 0.25) is 0 Å². The van der Waals surface area contributed by atoms with Crippen molar-refractivity contribution in [2.24, 2.45) is 4.99 Å². The predicted molar refractivity (Wildman–Crippen MR) is 119 cm³/mol. The van der Waals surface area contributed by atoms with Crippen molar-refractivity contribution < 1.29 is 17.9 Å². The number of aryl methyl sites for hydroxylation is 1. The number of halogens is 4. The van der Waals surface area contributed by atoms with Gasteiger partial charge in [0.1, 0.15) is 6.10 Å². The molecule has 0 bridgehead atoms. The van der Waals surface area contributed by atoms with Gasteiger partial charge in [-0.15, -0.1) is 35.3 Å². The van der Waals surface area contributed by atoms with E-state index in [4.69, 9.17) is 4.74 Å². The third kappa shape index (κ3) is 6.29. The molecule has 1 atom stereocenters. The summed E-state index contributed by atoms with van der Waals surface area (Å²) in [5.74, 6) is 0.686. The van der Waals surface area contributed by atoms with E-state index in [1.807, 2.05) is 10.3 Å². The molecule has 0 spiro atoms. The van der Waals surface area contributed by atoms with Crippen LogP contribution in [-0.4, -0.2) is 42.6 Å². The summed E-state index contributed by atoms with van der Waals surface area (Å²) in [5.41, 5.74) is 0.802.